The molecule has 0 aromatic rings. The average molecular weight is 379 g/mol. The van der Waals surface area contributed by atoms with Gasteiger partial charge in [-0.2, -0.15) is 0 Å². The number of imide groups is 2. The zero-order valence-electron chi connectivity index (χ0n) is 12.9. The summed E-state index contributed by atoms with van der Waals surface area (Å²) in [6, 6.07) is 0. The summed E-state index contributed by atoms with van der Waals surface area (Å²) >= 11 is 0. The number of nitrogens with two attached hydrogens (primary N) is 1. The van der Waals surface area contributed by atoms with Gasteiger partial charge in [0.1, 0.15) is 0 Å². The van der Waals surface area contributed by atoms with E-state index in [-0.39, 0.29) is 61.5 Å². The molecule has 0 fully saturated rings. The lowest BCUT2D eigenvalue weighted by Crippen LogP contribution is -2.44. The van der Waals surface area contributed by atoms with Crippen LogP contribution in [0.4, 0.5) is 0 Å². The quantitative estimate of drug-likeness (QED) is 0.540. The number of hydrogen-bond donors (Lipinski definition) is 1. The molecule has 2 aliphatic heterocycles. The van der Waals surface area contributed by atoms with Crippen molar-refractivity contribution in [2.75, 3.05) is 39.3 Å². The Morgan fingerprint density at radius 2 is 1.04 bits per heavy atom. The molecule has 0 aromatic carbocycles. The second-order valence-electron chi connectivity index (χ2n) is 4.95. The lowest BCUT2D eigenvalue weighted by Gasteiger charge is -2.25. The highest BCUT2D eigenvalue weighted by Gasteiger charge is 2.25. The topological polar surface area (TPSA) is 104 Å². The summed E-state index contributed by atoms with van der Waals surface area (Å²) in [7, 11) is 0. The fraction of sp³-hybridized carbons (Fsp3) is 0.429. The van der Waals surface area contributed by atoms with Crippen LogP contribution >= 0.6 is 24.8 Å². The SMILES string of the molecule is Cl.Cl.NCCN(CCN1C(=O)C=CC1=O)CCN1C(=O)C=CC1=O. The Labute approximate surface area is 152 Å². The summed E-state index contributed by atoms with van der Waals surface area (Å²) in [5.74, 6) is -1.31. The number of amides is 4. The van der Waals surface area contributed by atoms with E-state index in [1.807, 2.05) is 4.90 Å². The summed E-state index contributed by atoms with van der Waals surface area (Å²) < 4.78 is 0. The van der Waals surface area contributed by atoms with E-state index >= 15 is 0 Å². The van der Waals surface area contributed by atoms with Crippen LogP contribution in [0.5, 0.6) is 0 Å². The maximum atomic E-state index is 11.5. The molecule has 8 nitrogen and oxygen atoms in total. The van der Waals surface area contributed by atoms with E-state index in [1.54, 1.807) is 0 Å². The van der Waals surface area contributed by atoms with Gasteiger partial charge in [-0.3, -0.25) is 33.9 Å². The molecule has 0 unspecified atom stereocenters. The molecule has 0 saturated carbocycles. The number of rotatable bonds is 8. The molecule has 0 spiro atoms. The number of nitrogens with zero attached hydrogens (tertiary/aromatic N) is 3. The van der Waals surface area contributed by atoms with E-state index in [0.29, 0.717) is 26.2 Å². The fourth-order valence-electron chi connectivity index (χ4n) is 2.30. The van der Waals surface area contributed by atoms with Gasteiger partial charge in [0, 0.05) is 63.6 Å². The van der Waals surface area contributed by atoms with E-state index in [1.165, 1.54) is 24.3 Å². The Balaban J connectivity index is 0.00000264. The molecule has 0 aliphatic carbocycles. The van der Waals surface area contributed by atoms with Crippen molar-refractivity contribution in [2.45, 2.75) is 0 Å². The van der Waals surface area contributed by atoms with Crippen LogP contribution in [0.2, 0.25) is 0 Å². The maximum absolute atomic E-state index is 11.5. The third kappa shape index (κ3) is 5.41. The van der Waals surface area contributed by atoms with Gasteiger partial charge in [0.25, 0.3) is 23.6 Å². The minimum atomic E-state index is -0.327. The van der Waals surface area contributed by atoms with Crippen LogP contribution in [0.25, 0.3) is 0 Å². The molecule has 0 atom stereocenters. The van der Waals surface area contributed by atoms with Crippen LogP contribution in [0.1, 0.15) is 0 Å². The lowest BCUT2D eigenvalue weighted by atomic mass is 10.4. The highest BCUT2D eigenvalue weighted by atomic mass is 35.5. The molecule has 0 bridgehead atoms. The molecule has 2 heterocycles. The number of hydrogen-bond acceptors (Lipinski definition) is 6. The van der Waals surface area contributed by atoms with Crippen molar-refractivity contribution in [1.29, 1.82) is 0 Å². The van der Waals surface area contributed by atoms with Crippen LogP contribution in [0.15, 0.2) is 24.3 Å². The maximum Gasteiger partial charge on any atom is 0.253 e. The molecule has 134 valence electrons. The van der Waals surface area contributed by atoms with Crippen molar-refractivity contribution in [3.8, 4) is 0 Å². The molecule has 2 N–H and O–H groups in total. The first-order valence-corrected chi connectivity index (χ1v) is 7.02. The van der Waals surface area contributed by atoms with Crippen molar-refractivity contribution in [1.82, 2.24) is 14.7 Å². The van der Waals surface area contributed by atoms with E-state index in [9.17, 15) is 19.2 Å². The van der Waals surface area contributed by atoms with E-state index < -0.39 is 0 Å². The third-order valence-corrected chi connectivity index (χ3v) is 3.53. The van der Waals surface area contributed by atoms with Gasteiger partial charge in [-0.1, -0.05) is 0 Å². The van der Waals surface area contributed by atoms with Crippen LogP contribution in [-0.2, 0) is 19.2 Å². The van der Waals surface area contributed by atoms with Gasteiger partial charge in [0.05, 0.1) is 0 Å². The van der Waals surface area contributed by atoms with Crippen LogP contribution < -0.4 is 5.73 Å². The molecule has 4 amide bonds. The van der Waals surface area contributed by atoms with Crippen LogP contribution in [0, 0.1) is 0 Å². The summed E-state index contributed by atoms with van der Waals surface area (Å²) in [4.78, 5) is 50.1. The largest absolute Gasteiger partial charge is 0.329 e. The monoisotopic (exact) mass is 378 g/mol. The molecule has 2 rings (SSSR count). The first-order chi connectivity index (χ1) is 10.5. The smallest absolute Gasteiger partial charge is 0.253 e. The second-order valence-corrected chi connectivity index (χ2v) is 4.95. The predicted molar refractivity (Wildman–Crippen MR) is 91.7 cm³/mol. The zero-order chi connectivity index (χ0) is 16.1. The second kappa shape index (κ2) is 10.2. The van der Waals surface area contributed by atoms with E-state index in [2.05, 4.69) is 0 Å². The van der Waals surface area contributed by atoms with Crippen molar-refractivity contribution < 1.29 is 19.2 Å². The molecule has 24 heavy (non-hydrogen) atoms. The van der Waals surface area contributed by atoms with E-state index in [4.69, 9.17) is 5.73 Å². The summed E-state index contributed by atoms with van der Waals surface area (Å²) in [6.07, 6.45) is 4.96. The third-order valence-electron chi connectivity index (χ3n) is 3.53. The van der Waals surface area contributed by atoms with Gasteiger partial charge in [-0.15, -0.1) is 24.8 Å². The van der Waals surface area contributed by atoms with Gasteiger partial charge in [0.15, 0.2) is 0 Å². The van der Waals surface area contributed by atoms with Crippen LogP contribution in [0.3, 0.4) is 0 Å². The van der Waals surface area contributed by atoms with E-state index in [0.717, 1.165) is 9.80 Å². The predicted octanol–water partition coefficient (Wildman–Crippen LogP) is -1.06. The Hall–Kier alpha value is -1.74. The molecule has 10 heteroatoms. The number of halogens is 2. The van der Waals surface area contributed by atoms with Crippen molar-refractivity contribution in [3.05, 3.63) is 24.3 Å². The van der Waals surface area contributed by atoms with Gasteiger partial charge >= 0.3 is 0 Å². The number of carbonyl (C=O) groups is 4. The van der Waals surface area contributed by atoms with Gasteiger partial charge < -0.3 is 5.73 Å². The van der Waals surface area contributed by atoms with Gasteiger partial charge in [-0.05, 0) is 0 Å². The normalized spacial score (nSPS) is 16.2. The van der Waals surface area contributed by atoms with Crippen molar-refractivity contribution >= 4 is 48.4 Å². The Morgan fingerprint density at radius 1 is 0.708 bits per heavy atom. The number of carbonyl (C=O) groups excluding carboxylic acids is 4. The standard InChI is InChI=1S/C14H18N4O4.2ClH/c15-5-6-16(7-9-17-11(19)1-2-12(17)20)8-10-18-13(21)3-4-14(18)22;;/h1-4H,5-10,15H2;2*1H. The minimum Gasteiger partial charge on any atom is -0.329 e. The average Bonchev–Trinajstić information content (AvgIpc) is 2.97. The van der Waals surface area contributed by atoms with Gasteiger partial charge in [0.2, 0.25) is 0 Å². The minimum absolute atomic E-state index is 0. The molecule has 0 aromatic heterocycles. The first kappa shape index (κ1) is 22.3. The Kier molecular flexibility index (Phi) is 9.45. The lowest BCUT2D eigenvalue weighted by molar-refractivity contribution is -0.137. The summed E-state index contributed by atoms with van der Waals surface area (Å²) in [5.41, 5.74) is 5.54. The summed E-state index contributed by atoms with van der Waals surface area (Å²) in [6.45, 7) is 2.35. The van der Waals surface area contributed by atoms with Gasteiger partial charge in [-0.25, -0.2) is 0 Å². The fourth-order valence-corrected chi connectivity index (χ4v) is 2.30. The molecule has 0 saturated heterocycles. The highest BCUT2D eigenvalue weighted by molar-refractivity contribution is 6.13. The molecular weight excluding hydrogens is 359 g/mol. The first-order valence-electron chi connectivity index (χ1n) is 7.02. The van der Waals surface area contributed by atoms with Crippen LogP contribution in [-0.4, -0.2) is 77.6 Å². The van der Waals surface area contributed by atoms with Crippen molar-refractivity contribution in [2.24, 2.45) is 5.73 Å². The Morgan fingerprint density at radius 3 is 1.33 bits per heavy atom. The Bertz CT molecular complexity index is 483. The summed E-state index contributed by atoms with van der Waals surface area (Å²) in [5, 5.41) is 0. The highest BCUT2D eigenvalue weighted by Crippen LogP contribution is 2.05. The molecular formula is C14H20Cl2N4O4. The molecule has 2 aliphatic rings. The molecule has 0 radical (unpaired) electrons. The zero-order valence-corrected chi connectivity index (χ0v) is 14.6. The van der Waals surface area contributed by atoms with Crippen molar-refractivity contribution in [3.63, 3.8) is 0 Å².